The molecule has 1 heterocycles. The number of rotatable bonds is 5. The summed E-state index contributed by atoms with van der Waals surface area (Å²) in [6.07, 6.45) is 6.47. The van der Waals surface area contributed by atoms with Crippen LogP contribution in [-0.4, -0.2) is 16.2 Å². The Morgan fingerprint density at radius 2 is 2.27 bits per heavy atom. The zero-order chi connectivity index (χ0) is 11.1. The van der Waals surface area contributed by atoms with E-state index in [1.807, 2.05) is 17.8 Å². The second kappa shape index (κ2) is 6.45. The van der Waals surface area contributed by atoms with Crippen LogP contribution in [0.3, 0.4) is 0 Å². The lowest BCUT2D eigenvalue weighted by molar-refractivity contribution is 0.738. The maximum absolute atomic E-state index is 5.14. The van der Waals surface area contributed by atoms with Gasteiger partial charge in [-0.1, -0.05) is 13.3 Å². The summed E-state index contributed by atoms with van der Waals surface area (Å²) in [6, 6.07) is 2.08. The molecule has 0 bridgehead atoms. The van der Waals surface area contributed by atoms with Gasteiger partial charge in [0.1, 0.15) is 0 Å². The molecule has 0 aliphatic carbocycles. The van der Waals surface area contributed by atoms with Crippen LogP contribution in [0.2, 0.25) is 0 Å². The molecular formula is C11H19N3S. The molecular weight excluding hydrogens is 206 g/mol. The molecule has 84 valence electrons. The predicted molar refractivity (Wildman–Crippen MR) is 67.8 cm³/mol. The highest BCUT2D eigenvalue weighted by atomic mass is 32.1. The molecule has 0 spiro atoms. The van der Waals surface area contributed by atoms with Crippen molar-refractivity contribution in [3.63, 3.8) is 0 Å². The molecule has 0 fully saturated rings. The van der Waals surface area contributed by atoms with Crippen LogP contribution in [0.5, 0.6) is 0 Å². The van der Waals surface area contributed by atoms with Gasteiger partial charge in [0.2, 0.25) is 0 Å². The van der Waals surface area contributed by atoms with Gasteiger partial charge in [-0.2, -0.15) is 0 Å². The van der Waals surface area contributed by atoms with Gasteiger partial charge in [0.15, 0.2) is 5.11 Å². The Labute approximate surface area is 96.9 Å². The van der Waals surface area contributed by atoms with Crippen molar-refractivity contribution in [1.29, 1.82) is 0 Å². The van der Waals surface area contributed by atoms with Gasteiger partial charge in [0.05, 0.1) is 0 Å². The van der Waals surface area contributed by atoms with E-state index in [9.17, 15) is 0 Å². The van der Waals surface area contributed by atoms with Crippen molar-refractivity contribution >= 4 is 17.3 Å². The summed E-state index contributed by atoms with van der Waals surface area (Å²) in [7, 11) is 2.02. The zero-order valence-corrected chi connectivity index (χ0v) is 10.2. The minimum absolute atomic E-state index is 0.743. The molecule has 4 heteroatoms. The molecule has 15 heavy (non-hydrogen) atoms. The van der Waals surface area contributed by atoms with Crippen molar-refractivity contribution in [2.45, 2.75) is 26.3 Å². The van der Waals surface area contributed by atoms with Crippen LogP contribution in [0.4, 0.5) is 0 Å². The van der Waals surface area contributed by atoms with Gasteiger partial charge in [-0.3, -0.25) is 0 Å². The second-order valence-corrected chi connectivity index (χ2v) is 4.06. The minimum atomic E-state index is 0.743. The smallest absolute Gasteiger partial charge is 0.166 e. The summed E-state index contributed by atoms with van der Waals surface area (Å²) in [4.78, 5) is 0. The first-order chi connectivity index (χ1) is 7.22. The van der Waals surface area contributed by atoms with Crippen molar-refractivity contribution in [2.24, 2.45) is 7.05 Å². The fourth-order valence-electron chi connectivity index (χ4n) is 1.29. The highest BCUT2D eigenvalue weighted by Crippen LogP contribution is 1.98. The molecule has 0 aromatic carbocycles. The molecule has 0 aliphatic rings. The monoisotopic (exact) mass is 225 g/mol. The Morgan fingerprint density at radius 3 is 2.87 bits per heavy atom. The van der Waals surface area contributed by atoms with Crippen molar-refractivity contribution in [3.05, 3.63) is 24.0 Å². The normalized spacial score (nSPS) is 10.0. The summed E-state index contributed by atoms with van der Waals surface area (Å²) < 4.78 is 2.03. The summed E-state index contributed by atoms with van der Waals surface area (Å²) in [5.41, 5.74) is 1.25. The molecule has 1 rings (SSSR count). The molecule has 0 radical (unpaired) electrons. The van der Waals surface area contributed by atoms with Crippen LogP contribution in [-0.2, 0) is 13.6 Å². The molecule has 1 aromatic rings. The predicted octanol–water partition coefficient (Wildman–Crippen LogP) is 1.79. The summed E-state index contributed by atoms with van der Waals surface area (Å²) in [5.74, 6) is 0. The molecule has 2 N–H and O–H groups in total. The van der Waals surface area contributed by atoms with Crippen LogP contribution in [0.15, 0.2) is 18.5 Å². The van der Waals surface area contributed by atoms with Crippen LogP contribution < -0.4 is 10.6 Å². The second-order valence-electron chi connectivity index (χ2n) is 3.65. The Balaban J connectivity index is 2.16. The SMILES string of the molecule is CCCCNC(=S)NCc1ccn(C)c1. The first kappa shape index (κ1) is 12.0. The summed E-state index contributed by atoms with van der Waals surface area (Å²) in [5, 5.41) is 7.10. The average molecular weight is 225 g/mol. The first-order valence-corrected chi connectivity index (χ1v) is 5.75. The fraction of sp³-hybridized carbons (Fsp3) is 0.545. The number of nitrogens with zero attached hydrogens (tertiary/aromatic N) is 1. The third-order valence-corrected chi connectivity index (χ3v) is 2.45. The Hall–Kier alpha value is -1.03. The van der Waals surface area contributed by atoms with Gasteiger partial charge in [0.25, 0.3) is 0 Å². The van der Waals surface area contributed by atoms with Crippen molar-refractivity contribution < 1.29 is 0 Å². The Bertz CT molecular complexity index is 307. The van der Waals surface area contributed by atoms with Crippen LogP contribution >= 0.6 is 12.2 Å². The highest BCUT2D eigenvalue weighted by molar-refractivity contribution is 7.80. The van der Waals surface area contributed by atoms with E-state index in [2.05, 4.69) is 29.8 Å². The number of aromatic nitrogens is 1. The van der Waals surface area contributed by atoms with Crippen LogP contribution in [0.1, 0.15) is 25.3 Å². The molecule has 3 nitrogen and oxygen atoms in total. The molecule has 1 aromatic heterocycles. The van der Waals surface area contributed by atoms with E-state index in [1.165, 1.54) is 12.0 Å². The van der Waals surface area contributed by atoms with Gasteiger partial charge >= 0.3 is 0 Å². The van der Waals surface area contributed by atoms with Crippen LogP contribution in [0.25, 0.3) is 0 Å². The van der Waals surface area contributed by atoms with Crippen LogP contribution in [0, 0.1) is 0 Å². The third-order valence-electron chi connectivity index (χ3n) is 2.16. The Morgan fingerprint density at radius 1 is 1.47 bits per heavy atom. The fourth-order valence-corrected chi connectivity index (χ4v) is 1.46. The van der Waals surface area contributed by atoms with Crippen molar-refractivity contribution in [3.8, 4) is 0 Å². The minimum Gasteiger partial charge on any atom is -0.363 e. The number of hydrogen-bond donors (Lipinski definition) is 2. The van der Waals surface area contributed by atoms with E-state index in [-0.39, 0.29) is 0 Å². The van der Waals surface area contributed by atoms with Gasteiger partial charge in [-0.25, -0.2) is 0 Å². The van der Waals surface area contributed by atoms with Gasteiger partial charge in [-0.15, -0.1) is 0 Å². The maximum Gasteiger partial charge on any atom is 0.166 e. The van der Waals surface area contributed by atoms with E-state index in [4.69, 9.17) is 12.2 Å². The van der Waals surface area contributed by atoms with E-state index in [1.54, 1.807) is 0 Å². The third kappa shape index (κ3) is 4.83. The summed E-state index contributed by atoms with van der Waals surface area (Å²) in [6.45, 7) is 3.91. The largest absolute Gasteiger partial charge is 0.363 e. The Kier molecular flexibility index (Phi) is 5.18. The quantitative estimate of drug-likeness (QED) is 0.591. The number of unbranched alkanes of at least 4 members (excludes halogenated alkanes) is 1. The molecule has 0 atom stereocenters. The standard InChI is InChI=1S/C11H19N3S/c1-3-4-6-12-11(15)13-8-10-5-7-14(2)9-10/h5,7,9H,3-4,6,8H2,1-2H3,(H2,12,13,15). The first-order valence-electron chi connectivity index (χ1n) is 5.35. The molecule has 0 saturated carbocycles. The van der Waals surface area contributed by atoms with Crippen molar-refractivity contribution in [2.75, 3.05) is 6.54 Å². The summed E-state index contributed by atoms with van der Waals surface area (Å²) >= 11 is 5.14. The van der Waals surface area contributed by atoms with E-state index < -0.39 is 0 Å². The maximum atomic E-state index is 5.14. The molecule has 0 aliphatic heterocycles. The van der Waals surface area contributed by atoms with Gasteiger partial charge < -0.3 is 15.2 Å². The number of thiocarbonyl (C=S) groups is 1. The average Bonchev–Trinajstić information content (AvgIpc) is 2.62. The molecule has 0 amide bonds. The molecule has 0 unspecified atom stereocenters. The number of aryl methyl sites for hydroxylation is 1. The lowest BCUT2D eigenvalue weighted by Gasteiger charge is -2.08. The number of nitrogens with one attached hydrogen (secondary N) is 2. The highest BCUT2D eigenvalue weighted by Gasteiger charge is 1.96. The van der Waals surface area contributed by atoms with E-state index in [0.29, 0.717) is 0 Å². The topological polar surface area (TPSA) is 29.0 Å². The lowest BCUT2D eigenvalue weighted by Crippen LogP contribution is -2.35. The van der Waals surface area contributed by atoms with Gasteiger partial charge in [-0.05, 0) is 30.3 Å². The van der Waals surface area contributed by atoms with Gasteiger partial charge in [0, 0.05) is 32.5 Å². The number of hydrogen-bond acceptors (Lipinski definition) is 1. The van der Waals surface area contributed by atoms with E-state index in [0.717, 1.165) is 24.6 Å². The molecule has 0 saturated heterocycles. The lowest BCUT2D eigenvalue weighted by atomic mass is 10.3. The van der Waals surface area contributed by atoms with Crippen molar-refractivity contribution in [1.82, 2.24) is 15.2 Å². The zero-order valence-electron chi connectivity index (χ0n) is 9.42. The van der Waals surface area contributed by atoms with E-state index >= 15 is 0 Å².